The van der Waals surface area contributed by atoms with Crippen molar-refractivity contribution in [3.05, 3.63) is 36.0 Å². The van der Waals surface area contributed by atoms with Gasteiger partial charge in [0.1, 0.15) is 0 Å². The zero-order valence-corrected chi connectivity index (χ0v) is 15.5. The van der Waals surface area contributed by atoms with Gasteiger partial charge in [-0.15, -0.1) is 0 Å². The summed E-state index contributed by atoms with van der Waals surface area (Å²) in [5.41, 5.74) is 2.55. The topological polar surface area (TPSA) is 77.2 Å². The van der Waals surface area contributed by atoms with Crippen molar-refractivity contribution in [3.63, 3.8) is 0 Å². The third kappa shape index (κ3) is 4.64. The van der Waals surface area contributed by atoms with E-state index in [9.17, 15) is 9.59 Å². The van der Waals surface area contributed by atoms with E-state index < -0.39 is 6.03 Å². The molecular formula is C20H28N4O2. The number of aromatic nitrogens is 1. The van der Waals surface area contributed by atoms with Crippen LogP contribution in [0, 0.1) is 5.92 Å². The maximum Gasteiger partial charge on any atom is 0.321 e. The van der Waals surface area contributed by atoms with Gasteiger partial charge < -0.3 is 10.3 Å². The van der Waals surface area contributed by atoms with Crippen LogP contribution in [0.5, 0.6) is 0 Å². The first-order chi connectivity index (χ1) is 12.5. The Balaban J connectivity index is 1.46. The van der Waals surface area contributed by atoms with Crippen LogP contribution in [0.15, 0.2) is 30.5 Å². The lowest BCUT2D eigenvalue weighted by Crippen LogP contribution is -2.46. The quantitative estimate of drug-likeness (QED) is 0.771. The Bertz CT molecular complexity index is 760. The molecule has 6 nitrogen and oxygen atoms in total. The number of carbonyl (C=O) groups is 2. The number of rotatable bonds is 5. The van der Waals surface area contributed by atoms with Gasteiger partial charge in [-0.25, -0.2) is 4.79 Å². The first-order valence-corrected chi connectivity index (χ1v) is 9.39. The third-order valence-corrected chi connectivity index (χ3v) is 4.94. The van der Waals surface area contributed by atoms with Gasteiger partial charge in [-0.1, -0.05) is 32.0 Å². The van der Waals surface area contributed by atoms with Crippen molar-refractivity contribution in [1.82, 2.24) is 20.5 Å². The van der Waals surface area contributed by atoms with E-state index in [1.807, 2.05) is 19.9 Å². The summed E-state index contributed by atoms with van der Waals surface area (Å²) in [6, 6.07) is 7.97. The number of aromatic amines is 1. The number of H-pyrrole nitrogens is 1. The zero-order chi connectivity index (χ0) is 18.5. The molecule has 0 saturated carbocycles. The van der Waals surface area contributed by atoms with Crippen LogP contribution in [0.25, 0.3) is 10.9 Å². The molecule has 140 valence electrons. The minimum atomic E-state index is -0.405. The number of carbonyl (C=O) groups excluding carboxylic acids is 2. The van der Waals surface area contributed by atoms with Crippen molar-refractivity contribution >= 4 is 22.8 Å². The highest BCUT2D eigenvalue weighted by atomic mass is 16.2. The first kappa shape index (κ1) is 18.5. The summed E-state index contributed by atoms with van der Waals surface area (Å²) in [5.74, 6) is 0.635. The van der Waals surface area contributed by atoms with Crippen molar-refractivity contribution in [3.8, 4) is 0 Å². The second-order valence-electron chi connectivity index (χ2n) is 7.49. The molecule has 0 spiro atoms. The normalized spacial score (nSPS) is 16.1. The van der Waals surface area contributed by atoms with Gasteiger partial charge >= 0.3 is 6.03 Å². The molecule has 26 heavy (non-hydrogen) atoms. The molecule has 3 rings (SSSR count). The van der Waals surface area contributed by atoms with E-state index in [2.05, 4.69) is 44.9 Å². The highest BCUT2D eigenvalue weighted by Gasteiger charge is 2.24. The predicted octanol–water partition coefficient (Wildman–Crippen LogP) is 2.83. The molecule has 1 aromatic heterocycles. The minimum absolute atomic E-state index is 0.239. The number of nitrogens with zero attached hydrogens (tertiary/aromatic N) is 1. The van der Waals surface area contributed by atoms with Gasteiger partial charge in [0.25, 0.3) is 0 Å². The number of likely N-dealkylation sites (tertiary alicyclic amines) is 1. The van der Waals surface area contributed by atoms with Crippen molar-refractivity contribution in [2.75, 3.05) is 26.2 Å². The summed E-state index contributed by atoms with van der Waals surface area (Å²) in [7, 11) is 0. The van der Waals surface area contributed by atoms with Crippen LogP contribution >= 0.6 is 0 Å². The van der Waals surface area contributed by atoms with E-state index >= 15 is 0 Å². The van der Waals surface area contributed by atoms with Gasteiger partial charge in [-0.2, -0.15) is 0 Å². The number of nitrogens with one attached hydrogen (secondary N) is 3. The number of urea groups is 1. The predicted molar refractivity (Wildman–Crippen MR) is 103 cm³/mol. The zero-order valence-electron chi connectivity index (χ0n) is 15.5. The summed E-state index contributed by atoms with van der Waals surface area (Å²) in [5, 5.41) is 6.41. The summed E-state index contributed by atoms with van der Waals surface area (Å²) < 4.78 is 0. The second kappa shape index (κ2) is 8.36. The smallest absolute Gasteiger partial charge is 0.321 e. The molecule has 2 aromatic rings. The molecule has 0 radical (unpaired) electrons. The molecule has 0 atom stereocenters. The van der Waals surface area contributed by atoms with Gasteiger partial charge in [-0.05, 0) is 49.4 Å². The molecule has 3 N–H and O–H groups in total. The van der Waals surface area contributed by atoms with Gasteiger partial charge in [0.2, 0.25) is 5.91 Å². The average molecular weight is 356 g/mol. The molecule has 0 bridgehead atoms. The van der Waals surface area contributed by atoms with E-state index in [0.29, 0.717) is 18.4 Å². The molecule has 1 aliphatic heterocycles. The number of piperidine rings is 1. The first-order valence-electron chi connectivity index (χ1n) is 9.39. The van der Waals surface area contributed by atoms with Crippen molar-refractivity contribution < 1.29 is 9.59 Å². The lowest BCUT2D eigenvalue weighted by molar-refractivity contribution is -0.121. The fourth-order valence-electron chi connectivity index (χ4n) is 3.54. The minimum Gasteiger partial charge on any atom is -0.361 e. The summed E-state index contributed by atoms with van der Waals surface area (Å²) in [6.07, 6.45) is 4.17. The summed E-state index contributed by atoms with van der Waals surface area (Å²) in [4.78, 5) is 29.2. The standard InChI is InChI=1S/C20H28N4O2/c1-14(2)11-22-20(26)23-19(25)13-24-9-7-15(8-10-24)17-12-21-18-6-4-3-5-16(17)18/h3-6,12,14-15,21H,7-11,13H2,1-2H3,(H2,22,23,25,26). The second-order valence-corrected chi connectivity index (χ2v) is 7.49. The molecule has 0 aliphatic carbocycles. The maximum absolute atomic E-state index is 12.0. The number of para-hydroxylation sites is 1. The Morgan fingerprint density at radius 1 is 1.23 bits per heavy atom. The highest BCUT2D eigenvalue weighted by Crippen LogP contribution is 2.32. The Morgan fingerprint density at radius 3 is 2.69 bits per heavy atom. The number of benzene rings is 1. The number of imide groups is 1. The molecule has 0 unspecified atom stereocenters. The Morgan fingerprint density at radius 2 is 1.96 bits per heavy atom. The number of hydrogen-bond acceptors (Lipinski definition) is 3. The average Bonchev–Trinajstić information content (AvgIpc) is 3.05. The maximum atomic E-state index is 12.0. The number of fused-ring (bicyclic) bond motifs is 1. The van der Waals surface area contributed by atoms with Gasteiger partial charge in [0, 0.05) is 23.6 Å². The van der Waals surface area contributed by atoms with E-state index in [1.165, 1.54) is 16.5 Å². The molecule has 1 aromatic carbocycles. The molecule has 1 aliphatic rings. The van der Waals surface area contributed by atoms with Gasteiger partial charge in [0.05, 0.1) is 6.54 Å². The van der Waals surface area contributed by atoms with Crippen LogP contribution in [0.4, 0.5) is 4.79 Å². The van der Waals surface area contributed by atoms with Crippen LogP contribution in [0.1, 0.15) is 38.2 Å². The summed E-state index contributed by atoms with van der Waals surface area (Å²) in [6.45, 7) is 6.60. The van der Waals surface area contributed by atoms with E-state index in [-0.39, 0.29) is 12.5 Å². The molecule has 6 heteroatoms. The van der Waals surface area contributed by atoms with E-state index in [4.69, 9.17) is 0 Å². The van der Waals surface area contributed by atoms with E-state index in [1.54, 1.807) is 0 Å². The van der Waals surface area contributed by atoms with Crippen molar-refractivity contribution in [2.24, 2.45) is 5.92 Å². The molecular weight excluding hydrogens is 328 g/mol. The Kier molecular flexibility index (Phi) is 5.93. The highest BCUT2D eigenvalue weighted by molar-refractivity contribution is 5.95. The fraction of sp³-hybridized carbons (Fsp3) is 0.500. The number of amides is 3. The third-order valence-electron chi connectivity index (χ3n) is 4.94. The van der Waals surface area contributed by atoms with Crippen molar-refractivity contribution in [1.29, 1.82) is 0 Å². The van der Waals surface area contributed by atoms with Crippen LogP contribution in [0.2, 0.25) is 0 Å². The fourth-order valence-corrected chi connectivity index (χ4v) is 3.54. The van der Waals surface area contributed by atoms with Gasteiger partial charge in [-0.3, -0.25) is 15.0 Å². The van der Waals surface area contributed by atoms with E-state index in [0.717, 1.165) is 25.9 Å². The SMILES string of the molecule is CC(C)CNC(=O)NC(=O)CN1CCC(c2c[nH]c3ccccc23)CC1. The monoisotopic (exact) mass is 356 g/mol. The molecule has 3 amide bonds. The lowest BCUT2D eigenvalue weighted by Gasteiger charge is -2.31. The molecule has 2 heterocycles. The largest absolute Gasteiger partial charge is 0.361 e. The van der Waals surface area contributed by atoms with Crippen molar-refractivity contribution in [2.45, 2.75) is 32.6 Å². The lowest BCUT2D eigenvalue weighted by atomic mass is 9.89. The van der Waals surface area contributed by atoms with Crippen LogP contribution in [-0.4, -0.2) is 48.0 Å². The Labute approximate surface area is 154 Å². The molecule has 1 fully saturated rings. The van der Waals surface area contributed by atoms with Gasteiger partial charge in [0.15, 0.2) is 0 Å². The van der Waals surface area contributed by atoms with Crippen LogP contribution < -0.4 is 10.6 Å². The van der Waals surface area contributed by atoms with Crippen LogP contribution in [0.3, 0.4) is 0 Å². The van der Waals surface area contributed by atoms with Crippen LogP contribution in [-0.2, 0) is 4.79 Å². The Hall–Kier alpha value is -2.34. The number of hydrogen-bond donors (Lipinski definition) is 3. The summed E-state index contributed by atoms with van der Waals surface area (Å²) >= 11 is 0. The molecule has 1 saturated heterocycles.